The number of aliphatic hydroxyl groups excluding tert-OH is 21. The maximum atomic E-state index is 13.0. The Bertz CT molecular complexity index is 2580. The highest BCUT2D eigenvalue weighted by molar-refractivity contribution is 5.94. The van der Waals surface area contributed by atoms with E-state index in [1.54, 1.807) is 5.32 Å². The van der Waals surface area contributed by atoms with Crippen molar-refractivity contribution in [1.29, 1.82) is 0 Å². The van der Waals surface area contributed by atoms with Gasteiger partial charge in [0.15, 0.2) is 44.0 Å². The number of carbonyl (C=O) groups is 2. The lowest BCUT2D eigenvalue weighted by molar-refractivity contribution is -0.404. The van der Waals surface area contributed by atoms with E-state index in [-0.39, 0.29) is 12.1 Å². The zero-order valence-electron chi connectivity index (χ0n) is 50.4. The topological polar surface area (TPSA) is 612 Å². The van der Waals surface area contributed by atoms with E-state index < -0.39 is 286 Å². The Labute approximate surface area is 540 Å². The van der Waals surface area contributed by atoms with Crippen LogP contribution in [-0.4, -0.2) is 393 Å². The number of ether oxygens (including phenoxy) is 14. The molecular formula is C54H83F3N2O37. The molecule has 7 saturated heterocycles. The monoisotopic (exact) mass is 1410 g/mol. The second kappa shape index (κ2) is 34.0. The number of alkyl halides is 3. The molecule has 552 valence electrons. The molecule has 0 unspecified atom stereocenters. The molecule has 0 aliphatic carbocycles. The van der Waals surface area contributed by atoms with Crippen molar-refractivity contribution in [1.82, 2.24) is 5.32 Å². The minimum Gasteiger partial charge on any atom is -0.394 e. The maximum absolute atomic E-state index is 13.0. The van der Waals surface area contributed by atoms with Gasteiger partial charge in [-0.3, -0.25) is 9.59 Å². The van der Waals surface area contributed by atoms with E-state index in [1.165, 1.54) is 12.1 Å². The summed E-state index contributed by atoms with van der Waals surface area (Å²) in [6.45, 7) is -6.97. The third-order valence-corrected chi connectivity index (χ3v) is 17.1. The van der Waals surface area contributed by atoms with Gasteiger partial charge < -0.3 is 184 Å². The number of nitrogens with one attached hydrogen (secondary N) is 2. The summed E-state index contributed by atoms with van der Waals surface area (Å²) in [6.07, 6.45) is -75.7. The van der Waals surface area contributed by atoms with Crippen molar-refractivity contribution in [2.75, 3.05) is 58.2 Å². The first-order chi connectivity index (χ1) is 45.4. The summed E-state index contributed by atoms with van der Waals surface area (Å²) in [5, 5.41) is 233. The van der Waals surface area contributed by atoms with E-state index in [0.29, 0.717) is 5.56 Å². The van der Waals surface area contributed by atoms with Gasteiger partial charge in [-0.25, -0.2) is 0 Å². The van der Waals surface area contributed by atoms with Gasteiger partial charge >= 0.3 is 12.1 Å². The molecule has 96 heavy (non-hydrogen) atoms. The predicted octanol–water partition coefficient (Wildman–Crippen LogP) is -13.4. The quantitative estimate of drug-likeness (QED) is 0.0432. The maximum Gasteiger partial charge on any atom is 0.471 e. The van der Waals surface area contributed by atoms with Crippen molar-refractivity contribution in [3.63, 3.8) is 0 Å². The number of hydrogen-bond donors (Lipinski definition) is 23. The average molecular weight is 1410 g/mol. The summed E-state index contributed by atoms with van der Waals surface area (Å²) >= 11 is 0. The number of rotatable bonds is 25. The first-order valence-corrected chi connectivity index (χ1v) is 30.1. The lowest BCUT2D eigenvalue weighted by Gasteiger charge is -2.51. The van der Waals surface area contributed by atoms with Gasteiger partial charge in [0.2, 0.25) is 5.91 Å². The molecule has 42 heteroatoms. The molecule has 0 aromatic heterocycles. The molecule has 7 heterocycles. The molecule has 0 saturated carbocycles. The van der Waals surface area contributed by atoms with Gasteiger partial charge in [0.25, 0.3) is 0 Å². The zero-order valence-corrected chi connectivity index (χ0v) is 50.4. The molecule has 7 fully saturated rings. The molecule has 0 spiro atoms. The van der Waals surface area contributed by atoms with E-state index in [4.69, 9.17) is 66.3 Å². The van der Waals surface area contributed by atoms with Crippen LogP contribution in [-0.2, 0) is 82.3 Å². The minimum atomic E-state index is -5.24. The second-order valence-electron chi connectivity index (χ2n) is 23.6. The zero-order chi connectivity index (χ0) is 70.5. The molecule has 39 nitrogen and oxygen atoms in total. The third-order valence-electron chi connectivity index (χ3n) is 17.1. The molecule has 1 aromatic rings. The highest BCUT2D eigenvalue weighted by Gasteiger charge is 2.59. The van der Waals surface area contributed by atoms with Crippen molar-refractivity contribution in [3.05, 3.63) is 29.8 Å². The van der Waals surface area contributed by atoms with Gasteiger partial charge in [-0.15, -0.1) is 0 Å². The van der Waals surface area contributed by atoms with Crippen LogP contribution >= 0.6 is 0 Å². The predicted molar refractivity (Wildman–Crippen MR) is 292 cm³/mol. The van der Waals surface area contributed by atoms with E-state index >= 15 is 0 Å². The summed E-state index contributed by atoms with van der Waals surface area (Å²) < 4.78 is 122. The second-order valence-corrected chi connectivity index (χ2v) is 23.6. The lowest BCUT2D eigenvalue weighted by Crippen LogP contribution is -2.69. The fraction of sp³-hybridized carbons (Fsp3) is 0.852. The van der Waals surface area contributed by atoms with E-state index in [1.807, 2.05) is 0 Å². The van der Waals surface area contributed by atoms with E-state index in [0.717, 1.165) is 19.1 Å². The molecule has 0 bridgehead atoms. The summed E-state index contributed by atoms with van der Waals surface area (Å²) in [5.41, 5.74) is 0.0443. The number of benzene rings is 1. The Morgan fingerprint density at radius 1 is 0.396 bits per heavy atom. The number of halogens is 3. The molecule has 8 rings (SSSR count). The Morgan fingerprint density at radius 2 is 0.771 bits per heavy atom. The molecule has 7 aliphatic rings. The highest BCUT2D eigenvalue weighted by Crippen LogP contribution is 2.39. The third kappa shape index (κ3) is 17.5. The average Bonchev–Trinajstić information content (AvgIpc) is 0.773. The van der Waals surface area contributed by atoms with Gasteiger partial charge in [-0.1, -0.05) is 12.1 Å². The van der Waals surface area contributed by atoms with Crippen molar-refractivity contribution in [2.45, 2.75) is 234 Å². The highest BCUT2D eigenvalue weighted by atomic mass is 19.4. The van der Waals surface area contributed by atoms with Gasteiger partial charge in [-0.05, 0) is 24.1 Å². The van der Waals surface area contributed by atoms with Gasteiger partial charge in [0.1, 0.15) is 171 Å². The first kappa shape index (κ1) is 78.3. The normalized spacial score (nSPS) is 45.7. The van der Waals surface area contributed by atoms with Crippen molar-refractivity contribution < 1.29 is 196 Å². The Kier molecular flexibility index (Phi) is 27.7. The van der Waals surface area contributed by atoms with Crippen LogP contribution in [0.25, 0.3) is 0 Å². The SMILES string of the molecule is CC(=O)N[C@H]1[C@@H](O[C@H]2[C@H](O[C@H]3[C@H](O[C@@H]4O[C@H](CO)[C@@H](O)[C@H](O)[C@H]4O)[C@@H](O)[C@@H](OCCc4ccc(NC(=O)C(F)(F)F)cc4)O[C@@H]3CO[C@@H]3O[C@H](CO)[C@@H](O)[C@H](O)[C@H]3O[C@H]3O[C@H](CO)[C@@H](O[C@@H]4O[C@H](CO)[C@H](O)[C@H](O)[C@H]4O)[C@H](O)[C@H]3O)O[C@H](CO)[C@@H](O)[C@@H]2O)O[C@H](CO)[C@@H](O)[C@@H]1O. The van der Waals surface area contributed by atoms with Gasteiger partial charge in [0, 0.05) is 12.6 Å². The number of hydrogen-bond acceptors (Lipinski definition) is 37. The lowest BCUT2D eigenvalue weighted by atomic mass is 9.95. The number of aliphatic hydroxyl groups is 21. The van der Waals surface area contributed by atoms with Crippen LogP contribution in [0.1, 0.15) is 12.5 Å². The largest absolute Gasteiger partial charge is 0.471 e. The smallest absolute Gasteiger partial charge is 0.394 e. The Hall–Kier alpha value is -3.45. The summed E-state index contributed by atoms with van der Waals surface area (Å²) in [5.74, 6) is -3.14. The van der Waals surface area contributed by atoms with Crippen molar-refractivity contribution in [3.8, 4) is 0 Å². The van der Waals surface area contributed by atoms with Crippen LogP contribution in [0.2, 0.25) is 0 Å². The summed E-state index contributed by atoms with van der Waals surface area (Å²) in [6, 6.07) is 3.00. The van der Waals surface area contributed by atoms with Crippen LogP contribution in [0.3, 0.4) is 0 Å². The van der Waals surface area contributed by atoms with E-state index in [9.17, 15) is 130 Å². The van der Waals surface area contributed by atoms with Gasteiger partial charge in [0.05, 0.1) is 52.9 Å². The summed E-state index contributed by atoms with van der Waals surface area (Å²) in [7, 11) is 0. The molecular weight excluding hydrogens is 1330 g/mol. The van der Waals surface area contributed by atoms with Crippen molar-refractivity contribution >= 4 is 17.5 Å². The molecule has 7 aliphatic heterocycles. The molecule has 2 amide bonds. The van der Waals surface area contributed by atoms with Crippen LogP contribution in [0.5, 0.6) is 0 Å². The summed E-state index contributed by atoms with van der Waals surface area (Å²) in [4.78, 5) is 24.1. The van der Waals surface area contributed by atoms with Crippen LogP contribution < -0.4 is 10.6 Å². The van der Waals surface area contributed by atoms with Crippen molar-refractivity contribution in [2.24, 2.45) is 0 Å². The number of amides is 2. The Morgan fingerprint density at radius 3 is 1.26 bits per heavy atom. The molecule has 23 N–H and O–H groups in total. The number of anilines is 1. The fourth-order valence-corrected chi connectivity index (χ4v) is 11.6. The van der Waals surface area contributed by atoms with Crippen LogP contribution in [0.15, 0.2) is 24.3 Å². The fourth-order valence-electron chi connectivity index (χ4n) is 11.6. The number of carbonyl (C=O) groups excluding carboxylic acids is 2. The van der Waals surface area contributed by atoms with Crippen LogP contribution in [0, 0.1) is 0 Å². The van der Waals surface area contributed by atoms with Crippen LogP contribution in [0.4, 0.5) is 18.9 Å². The molecule has 0 radical (unpaired) electrons. The molecule has 35 atom stereocenters. The Balaban J connectivity index is 1.15. The standard InChI is InChI=1S/C54H83F3N2O37/c1-15(66)58-25-31(72)26(67)18(8-60)85-46(25)95-45-35(76)30(71)22(12-64)89-52(45)93-42-24(91-47(40(81)43(42)94-49-38(79)33(74)28(69)20(10-62)87-49)83-7-6-16-2-4-17(5-3-16)59-53(82)54(55,56)57)14-84-51-44(34(75)29(70)21(11-63)88-51)96-50-39(80)36(77)41(23(13-65)90-50)92-48-37(78)32(73)27(68)19(9-61)86-48/h2-5,18-52,60-65,67-81H,6-14H2,1H3,(H,58,66)(H,59,82)/t18-,19-,20-,21-,22-,23-,24-,25-,26-,27+,28-,29-,30-,31-,32+,33+,34+,35+,36-,37-,38-,39-,40-,41-,42-,43-,44-,45-,46-,47+,48+,49+,50-,51-,52+/m1/s1. The van der Waals surface area contributed by atoms with Gasteiger partial charge in [-0.2, -0.15) is 13.2 Å². The van der Waals surface area contributed by atoms with E-state index in [2.05, 4.69) is 5.32 Å². The molecule has 1 aromatic carbocycles. The first-order valence-electron chi connectivity index (χ1n) is 30.1. The minimum absolute atomic E-state index is 0.179.